The largest absolute Gasteiger partial charge is 0.345 e. The number of halogens is 1. The van der Waals surface area contributed by atoms with E-state index in [1.807, 2.05) is 35.7 Å². The quantitative estimate of drug-likeness (QED) is 0.633. The Morgan fingerprint density at radius 2 is 1.73 bits per heavy atom. The molecule has 0 unspecified atom stereocenters. The first-order valence-corrected chi connectivity index (χ1v) is 11.6. The highest BCUT2D eigenvalue weighted by molar-refractivity contribution is 7.91. The lowest BCUT2D eigenvalue weighted by atomic mass is 10.2. The molecule has 1 aromatic carbocycles. The van der Waals surface area contributed by atoms with E-state index in [0.717, 1.165) is 27.7 Å². The molecule has 0 N–H and O–H groups in total. The Morgan fingerprint density at radius 1 is 1.00 bits per heavy atom. The van der Waals surface area contributed by atoms with Crippen LogP contribution in [0.25, 0.3) is 11.3 Å². The molecule has 0 aliphatic carbocycles. The third kappa shape index (κ3) is 3.52. The van der Waals surface area contributed by atoms with Gasteiger partial charge in [-0.1, -0.05) is 41.9 Å². The van der Waals surface area contributed by atoms with Gasteiger partial charge in [-0.2, -0.15) is 4.31 Å². The number of hydrogen-bond donors (Lipinski definition) is 0. The van der Waals surface area contributed by atoms with Crippen LogP contribution in [-0.4, -0.2) is 43.9 Å². The SMILES string of the molecule is O=S(=O)(c1ccc(Cl)s1)N1CCN(c2nc(-c3ccccc3)cs2)CC1. The summed E-state index contributed by atoms with van der Waals surface area (Å²) in [4.78, 5) is 6.86. The third-order valence-electron chi connectivity index (χ3n) is 4.21. The lowest BCUT2D eigenvalue weighted by molar-refractivity contribution is 0.386. The van der Waals surface area contributed by atoms with E-state index < -0.39 is 10.0 Å². The average molecular weight is 426 g/mol. The Kier molecular flexibility index (Phi) is 5.02. The molecule has 0 bridgehead atoms. The smallest absolute Gasteiger partial charge is 0.252 e. The van der Waals surface area contributed by atoms with Gasteiger partial charge in [0.25, 0.3) is 10.0 Å². The molecule has 3 aromatic rings. The van der Waals surface area contributed by atoms with E-state index in [2.05, 4.69) is 4.90 Å². The van der Waals surface area contributed by atoms with Crippen LogP contribution in [0.3, 0.4) is 0 Å². The van der Waals surface area contributed by atoms with Crippen LogP contribution in [0.4, 0.5) is 5.13 Å². The maximum Gasteiger partial charge on any atom is 0.252 e. The van der Waals surface area contributed by atoms with Gasteiger partial charge in [-0.25, -0.2) is 13.4 Å². The average Bonchev–Trinajstić information content (AvgIpc) is 3.32. The molecule has 3 heterocycles. The predicted octanol–water partition coefficient (Wildman–Crippen LogP) is 4.04. The molecular formula is C17H16ClN3O2S3. The maximum atomic E-state index is 12.7. The monoisotopic (exact) mass is 425 g/mol. The molecule has 26 heavy (non-hydrogen) atoms. The summed E-state index contributed by atoms with van der Waals surface area (Å²) in [5.74, 6) is 0. The fourth-order valence-electron chi connectivity index (χ4n) is 2.83. The predicted molar refractivity (Wildman–Crippen MR) is 108 cm³/mol. The normalized spacial score (nSPS) is 16.1. The zero-order valence-corrected chi connectivity index (χ0v) is 16.9. The Hall–Kier alpha value is -1.45. The molecular weight excluding hydrogens is 410 g/mol. The zero-order valence-electron chi connectivity index (χ0n) is 13.7. The Labute approximate surface area is 165 Å². The fraction of sp³-hybridized carbons (Fsp3) is 0.235. The number of nitrogens with zero attached hydrogens (tertiary/aromatic N) is 3. The third-order valence-corrected chi connectivity index (χ3v) is 8.71. The summed E-state index contributed by atoms with van der Waals surface area (Å²) in [6.07, 6.45) is 0. The van der Waals surface area contributed by atoms with Crippen molar-refractivity contribution >= 4 is 49.4 Å². The van der Waals surface area contributed by atoms with E-state index in [1.54, 1.807) is 23.5 Å². The number of thiazole rings is 1. The molecule has 136 valence electrons. The molecule has 1 fully saturated rings. The van der Waals surface area contributed by atoms with Gasteiger partial charge in [0, 0.05) is 37.1 Å². The lowest BCUT2D eigenvalue weighted by Crippen LogP contribution is -2.48. The Balaban J connectivity index is 1.45. The summed E-state index contributed by atoms with van der Waals surface area (Å²) in [5.41, 5.74) is 2.04. The lowest BCUT2D eigenvalue weighted by Gasteiger charge is -2.33. The van der Waals surface area contributed by atoms with Gasteiger partial charge < -0.3 is 4.90 Å². The topological polar surface area (TPSA) is 53.5 Å². The van der Waals surface area contributed by atoms with Crippen molar-refractivity contribution in [3.05, 3.63) is 52.2 Å². The van der Waals surface area contributed by atoms with Crippen molar-refractivity contribution in [1.29, 1.82) is 0 Å². The van der Waals surface area contributed by atoms with Crippen molar-refractivity contribution in [2.45, 2.75) is 4.21 Å². The highest BCUT2D eigenvalue weighted by atomic mass is 35.5. The van der Waals surface area contributed by atoms with Crippen molar-refractivity contribution in [2.24, 2.45) is 0 Å². The summed E-state index contributed by atoms with van der Waals surface area (Å²) < 4.78 is 27.7. The number of thiophene rings is 1. The highest BCUT2D eigenvalue weighted by Gasteiger charge is 2.30. The van der Waals surface area contributed by atoms with Gasteiger partial charge in [0.05, 0.1) is 10.0 Å². The van der Waals surface area contributed by atoms with Gasteiger partial charge in [0.1, 0.15) is 4.21 Å². The molecule has 0 atom stereocenters. The molecule has 1 aliphatic heterocycles. The van der Waals surface area contributed by atoms with Crippen molar-refractivity contribution in [2.75, 3.05) is 31.1 Å². The van der Waals surface area contributed by atoms with Crippen LogP contribution in [0.15, 0.2) is 52.1 Å². The number of benzene rings is 1. The zero-order chi connectivity index (χ0) is 18.1. The van der Waals surface area contributed by atoms with Gasteiger partial charge in [0.2, 0.25) is 0 Å². The minimum absolute atomic E-state index is 0.302. The molecule has 5 nitrogen and oxygen atoms in total. The van der Waals surface area contributed by atoms with Crippen molar-refractivity contribution in [3.8, 4) is 11.3 Å². The van der Waals surface area contributed by atoms with E-state index >= 15 is 0 Å². The molecule has 2 aromatic heterocycles. The summed E-state index contributed by atoms with van der Waals surface area (Å²) in [6.45, 7) is 2.14. The second-order valence-corrected chi connectivity index (χ2v) is 10.5. The van der Waals surface area contributed by atoms with Gasteiger partial charge in [0.15, 0.2) is 5.13 Å². The van der Waals surface area contributed by atoms with Crippen molar-refractivity contribution in [3.63, 3.8) is 0 Å². The summed E-state index contributed by atoms with van der Waals surface area (Å²) in [6, 6.07) is 13.2. The minimum Gasteiger partial charge on any atom is -0.345 e. The van der Waals surface area contributed by atoms with Crippen LogP contribution in [0.5, 0.6) is 0 Å². The van der Waals surface area contributed by atoms with Crippen molar-refractivity contribution in [1.82, 2.24) is 9.29 Å². The van der Waals surface area contributed by atoms with Crippen LogP contribution in [0, 0.1) is 0 Å². The Bertz CT molecular complexity index is 993. The van der Waals surface area contributed by atoms with E-state index in [4.69, 9.17) is 16.6 Å². The molecule has 4 rings (SSSR count). The fourth-order valence-corrected chi connectivity index (χ4v) is 6.78. The summed E-state index contributed by atoms with van der Waals surface area (Å²) >= 11 is 8.57. The number of hydrogen-bond acceptors (Lipinski definition) is 6. The maximum absolute atomic E-state index is 12.7. The van der Waals surface area contributed by atoms with Crippen LogP contribution in [-0.2, 0) is 10.0 Å². The second-order valence-electron chi connectivity index (χ2n) is 5.83. The highest BCUT2D eigenvalue weighted by Crippen LogP contribution is 2.31. The van der Waals surface area contributed by atoms with Gasteiger partial charge in [-0.3, -0.25) is 0 Å². The van der Waals surface area contributed by atoms with E-state index in [1.165, 1.54) is 4.31 Å². The molecule has 1 aliphatic rings. The van der Waals surface area contributed by atoms with Crippen LogP contribution in [0.2, 0.25) is 4.34 Å². The summed E-state index contributed by atoms with van der Waals surface area (Å²) in [7, 11) is -3.46. The number of sulfonamides is 1. The van der Waals surface area contributed by atoms with Crippen LogP contribution < -0.4 is 4.90 Å². The number of anilines is 1. The van der Waals surface area contributed by atoms with Crippen LogP contribution >= 0.6 is 34.3 Å². The number of aromatic nitrogens is 1. The number of rotatable bonds is 4. The van der Waals surface area contributed by atoms with Crippen molar-refractivity contribution < 1.29 is 8.42 Å². The van der Waals surface area contributed by atoms with Gasteiger partial charge in [-0.15, -0.1) is 22.7 Å². The van der Waals surface area contributed by atoms with Gasteiger partial charge in [-0.05, 0) is 12.1 Å². The molecule has 0 spiro atoms. The number of piperazine rings is 1. The Morgan fingerprint density at radius 3 is 2.38 bits per heavy atom. The van der Waals surface area contributed by atoms with E-state index in [0.29, 0.717) is 34.7 Å². The summed E-state index contributed by atoms with van der Waals surface area (Å²) in [5, 5.41) is 2.97. The first-order valence-electron chi connectivity index (χ1n) is 8.05. The van der Waals surface area contributed by atoms with E-state index in [9.17, 15) is 8.42 Å². The molecule has 0 radical (unpaired) electrons. The first kappa shape index (κ1) is 17.9. The standard InChI is InChI=1S/C17H16ClN3O2S3/c18-15-6-7-16(25-15)26(22,23)21-10-8-20(9-11-21)17-19-14(12-24-17)13-4-2-1-3-5-13/h1-7,12H,8-11H2. The molecule has 0 saturated carbocycles. The molecule has 1 saturated heterocycles. The molecule has 9 heteroatoms. The molecule has 0 amide bonds. The minimum atomic E-state index is -3.46. The van der Waals surface area contributed by atoms with Crippen LogP contribution in [0.1, 0.15) is 0 Å². The first-order chi connectivity index (χ1) is 12.5. The van der Waals surface area contributed by atoms with E-state index in [-0.39, 0.29) is 0 Å². The van der Waals surface area contributed by atoms with Gasteiger partial charge >= 0.3 is 0 Å². The second kappa shape index (κ2) is 7.28.